The van der Waals surface area contributed by atoms with Gasteiger partial charge in [0.15, 0.2) is 5.58 Å². The SMILES string of the molecule is CC[C@@H](C)c1ccc2oc(-c3ccc(NC(=O)/C=C/c4ccc(-c5cc(Cl)cc(Cl)c5)o4)cc3)nc2c1. The number of rotatable bonds is 7. The second kappa shape index (κ2) is 10.7. The number of benzene rings is 3. The Morgan fingerprint density at radius 1 is 0.946 bits per heavy atom. The standard InChI is InChI=1S/C30H24Cl2N2O3/c1-3-18(2)20-6-11-28-26(16-20)34-30(37-28)19-4-7-24(8-5-19)33-29(35)13-10-25-9-12-27(36-25)21-14-22(31)17-23(32)15-21/h4-18H,3H2,1-2H3,(H,33,35)/b13-10+/t18-/m1/s1. The highest BCUT2D eigenvalue weighted by molar-refractivity contribution is 6.35. The third-order valence-electron chi connectivity index (χ3n) is 6.17. The van der Waals surface area contributed by atoms with Crippen molar-refractivity contribution in [1.29, 1.82) is 0 Å². The number of hydrogen-bond acceptors (Lipinski definition) is 4. The lowest BCUT2D eigenvalue weighted by molar-refractivity contribution is -0.111. The molecule has 2 aromatic heterocycles. The minimum Gasteiger partial charge on any atom is -0.457 e. The van der Waals surface area contributed by atoms with Crippen molar-refractivity contribution in [2.24, 2.45) is 0 Å². The van der Waals surface area contributed by atoms with Gasteiger partial charge in [0.05, 0.1) is 0 Å². The van der Waals surface area contributed by atoms with Gasteiger partial charge in [-0.2, -0.15) is 0 Å². The van der Waals surface area contributed by atoms with Crippen LogP contribution in [0, 0.1) is 0 Å². The maximum atomic E-state index is 12.4. The fraction of sp³-hybridized carbons (Fsp3) is 0.133. The summed E-state index contributed by atoms with van der Waals surface area (Å²) in [7, 11) is 0. The van der Waals surface area contributed by atoms with E-state index >= 15 is 0 Å². The Kier molecular flexibility index (Phi) is 7.17. The number of amides is 1. The fourth-order valence-corrected chi connectivity index (χ4v) is 4.47. The van der Waals surface area contributed by atoms with Gasteiger partial charge in [0.25, 0.3) is 0 Å². The van der Waals surface area contributed by atoms with E-state index in [4.69, 9.17) is 32.0 Å². The number of aromatic nitrogens is 1. The zero-order valence-corrected chi connectivity index (χ0v) is 21.8. The summed E-state index contributed by atoms with van der Waals surface area (Å²) in [5.41, 5.74) is 5.09. The van der Waals surface area contributed by atoms with Crippen molar-refractivity contribution in [2.45, 2.75) is 26.2 Å². The summed E-state index contributed by atoms with van der Waals surface area (Å²) in [6.07, 6.45) is 4.09. The van der Waals surface area contributed by atoms with Crippen LogP contribution in [0.4, 0.5) is 5.69 Å². The molecule has 0 unspecified atom stereocenters. The monoisotopic (exact) mass is 530 g/mol. The van der Waals surface area contributed by atoms with E-state index in [9.17, 15) is 4.79 Å². The number of halogens is 2. The first kappa shape index (κ1) is 24.9. The quantitative estimate of drug-likeness (QED) is 0.213. The van der Waals surface area contributed by atoms with E-state index in [2.05, 4.69) is 36.3 Å². The van der Waals surface area contributed by atoms with Gasteiger partial charge in [-0.05, 0) is 90.7 Å². The molecule has 37 heavy (non-hydrogen) atoms. The highest BCUT2D eigenvalue weighted by atomic mass is 35.5. The molecule has 0 saturated heterocycles. The zero-order chi connectivity index (χ0) is 25.9. The molecular formula is C30H24Cl2N2O3. The maximum absolute atomic E-state index is 12.4. The van der Waals surface area contributed by atoms with Crippen LogP contribution in [-0.4, -0.2) is 10.9 Å². The van der Waals surface area contributed by atoms with Crippen LogP contribution >= 0.6 is 23.2 Å². The smallest absolute Gasteiger partial charge is 0.248 e. The van der Waals surface area contributed by atoms with Crippen LogP contribution < -0.4 is 5.32 Å². The Morgan fingerprint density at radius 3 is 2.43 bits per heavy atom. The van der Waals surface area contributed by atoms with E-state index in [0.29, 0.717) is 39.1 Å². The average molecular weight is 531 g/mol. The van der Waals surface area contributed by atoms with Gasteiger partial charge in [-0.1, -0.05) is 43.1 Å². The van der Waals surface area contributed by atoms with Gasteiger partial charge in [-0.3, -0.25) is 4.79 Å². The molecule has 1 N–H and O–H groups in total. The van der Waals surface area contributed by atoms with Crippen molar-refractivity contribution >= 4 is 52.0 Å². The van der Waals surface area contributed by atoms with Gasteiger partial charge in [0.1, 0.15) is 17.0 Å². The minimum absolute atomic E-state index is 0.282. The summed E-state index contributed by atoms with van der Waals surface area (Å²) in [5.74, 6) is 1.87. The molecule has 0 aliphatic heterocycles. The maximum Gasteiger partial charge on any atom is 0.248 e. The van der Waals surface area contributed by atoms with Crippen molar-refractivity contribution in [3.8, 4) is 22.8 Å². The Morgan fingerprint density at radius 2 is 1.70 bits per heavy atom. The van der Waals surface area contributed by atoms with E-state index in [1.807, 2.05) is 30.3 Å². The van der Waals surface area contributed by atoms with Gasteiger partial charge in [-0.15, -0.1) is 0 Å². The molecule has 5 nitrogen and oxygen atoms in total. The molecule has 0 saturated carbocycles. The lowest BCUT2D eigenvalue weighted by Gasteiger charge is -2.07. The molecule has 0 aliphatic rings. The third-order valence-corrected chi connectivity index (χ3v) is 6.60. The lowest BCUT2D eigenvalue weighted by Crippen LogP contribution is -2.07. The van der Waals surface area contributed by atoms with Crippen LogP contribution in [0.2, 0.25) is 10.0 Å². The van der Waals surface area contributed by atoms with Crippen LogP contribution in [0.15, 0.2) is 87.7 Å². The molecule has 1 amide bonds. The first-order valence-electron chi connectivity index (χ1n) is 11.9. The van der Waals surface area contributed by atoms with E-state index in [1.165, 1.54) is 11.6 Å². The Hall–Kier alpha value is -3.80. The predicted molar refractivity (Wildman–Crippen MR) is 150 cm³/mol. The summed E-state index contributed by atoms with van der Waals surface area (Å²) in [6, 6.07) is 22.3. The number of nitrogens with zero attached hydrogens (tertiary/aromatic N) is 1. The topological polar surface area (TPSA) is 68.3 Å². The number of oxazole rings is 1. The largest absolute Gasteiger partial charge is 0.457 e. The molecule has 3 aromatic carbocycles. The lowest BCUT2D eigenvalue weighted by atomic mass is 9.98. The molecule has 0 fully saturated rings. The van der Waals surface area contributed by atoms with Crippen molar-refractivity contribution in [3.05, 3.63) is 100 Å². The molecule has 0 aliphatic carbocycles. The Bertz CT molecular complexity index is 1580. The summed E-state index contributed by atoms with van der Waals surface area (Å²) in [4.78, 5) is 17.1. The van der Waals surface area contributed by atoms with Gasteiger partial charge in [-0.25, -0.2) is 4.98 Å². The molecule has 186 valence electrons. The van der Waals surface area contributed by atoms with Crippen LogP contribution in [-0.2, 0) is 4.79 Å². The van der Waals surface area contributed by atoms with Gasteiger partial charge in [0.2, 0.25) is 11.8 Å². The number of carbonyl (C=O) groups is 1. The number of fused-ring (bicyclic) bond motifs is 1. The number of furan rings is 1. The molecule has 5 aromatic rings. The second-order valence-electron chi connectivity index (χ2n) is 8.82. The van der Waals surface area contributed by atoms with E-state index in [0.717, 1.165) is 28.6 Å². The Labute approximate surface area is 224 Å². The third kappa shape index (κ3) is 5.79. The van der Waals surface area contributed by atoms with Gasteiger partial charge in [0, 0.05) is 32.9 Å². The first-order valence-corrected chi connectivity index (χ1v) is 12.7. The van der Waals surface area contributed by atoms with E-state index in [-0.39, 0.29) is 5.91 Å². The fourth-order valence-electron chi connectivity index (χ4n) is 3.94. The number of anilines is 1. The molecule has 7 heteroatoms. The summed E-state index contributed by atoms with van der Waals surface area (Å²) >= 11 is 12.1. The highest BCUT2D eigenvalue weighted by Gasteiger charge is 2.11. The van der Waals surface area contributed by atoms with E-state index < -0.39 is 0 Å². The zero-order valence-electron chi connectivity index (χ0n) is 20.3. The van der Waals surface area contributed by atoms with E-state index in [1.54, 1.807) is 36.4 Å². The summed E-state index contributed by atoms with van der Waals surface area (Å²) in [6.45, 7) is 4.37. The van der Waals surface area contributed by atoms with Crippen LogP contribution in [0.25, 0.3) is 40.0 Å². The number of nitrogens with one attached hydrogen (secondary N) is 1. The van der Waals surface area contributed by atoms with Crippen LogP contribution in [0.5, 0.6) is 0 Å². The molecule has 2 heterocycles. The minimum atomic E-state index is -0.282. The molecule has 0 bridgehead atoms. The van der Waals surface area contributed by atoms with Crippen LogP contribution in [0.3, 0.4) is 0 Å². The van der Waals surface area contributed by atoms with Crippen LogP contribution in [0.1, 0.15) is 37.5 Å². The molecular weight excluding hydrogens is 507 g/mol. The van der Waals surface area contributed by atoms with Crippen molar-refractivity contribution in [2.75, 3.05) is 5.32 Å². The second-order valence-corrected chi connectivity index (χ2v) is 9.69. The predicted octanol–water partition coefficient (Wildman–Crippen LogP) is 9.23. The van der Waals surface area contributed by atoms with Crippen molar-refractivity contribution in [1.82, 2.24) is 4.98 Å². The Balaban J connectivity index is 1.24. The number of hydrogen-bond donors (Lipinski definition) is 1. The highest BCUT2D eigenvalue weighted by Crippen LogP contribution is 2.30. The average Bonchev–Trinajstić information content (AvgIpc) is 3.54. The molecule has 1 atom stereocenters. The van der Waals surface area contributed by atoms with Crippen molar-refractivity contribution < 1.29 is 13.6 Å². The molecule has 0 spiro atoms. The molecule has 5 rings (SSSR count). The van der Waals surface area contributed by atoms with Crippen molar-refractivity contribution in [3.63, 3.8) is 0 Å². The van der Waals surface area contributed by atoms with Gasteiger partial charge < -0.3 is 14.2 Å². The molecule has 0 radical (unpaired) electrons. The normalized spacial score (nSPS) is 12.3. The summed E-state index contributed by atoms with van der Waals surface area (Å²) < 4.78 is 11.7. The van der Waals surface area contributed by atoms with Gasteiger partial charge >= 0.3 is 0 Å². The summed E-state index contributed by atoms with van der Waals surface area (Å²) in [5, 5.41) is 3.89. The first-order chi connectivity index (χ1) is 17.9. The number of carbonyl (C=O) groups excluding carboxylic acids is 1.